The van der Waals surface area contributed by atoms with Crippen molar-refractivity contribution in [2.45, 2.75) is 45.4 Å². The fraction of sp³-hybridized carbons (Fsp3) is 0.333. The van der Waals surface area contributed by atoms with Gasteiger partial charge in [0.15, 0.2) is 0 Å². The van der Waals surface area contributed by atoms with Gasteiger partial charge in [0.25, 0.3) is 0 Å². The summed E-state index contributed by atoms with van der Waals surface area (Å²) in [6, 6.07) is 11.9. The van der Waals surface area contributed by atoms with E-state index in [1.165, 1.54) is 12.1 Å². The number of ether oxygens (including phenoxy) is 1. The van der Waals surface area contributed by atoms with Gasteiger partial charge in [-0.3, -0.25) is 9.59 Å². The zero-order valence-electron chi connectivity index (χ0n) is 15.4. The van der Waals surface area contributed by atoms with Crippen LogP contribution in [0.2, 0.25) is 0 Å². The van der Waals surface area contributed by atoms with Crippen LogP contribution in [-0.4, -0.2) is 17.9 Å². The lowest BCUT2D eigenvalue weighted by molar-refractivity contribution is -0.126. The van der Waals surface area contributed by atoms with Crippen LogP contribution in [0, 0.1) is 5.82 Å². The van der Waals surface area contributed by atoms with E-state index >= 15 is 0 Å². The number of anilines is 1. The second-order valence-electron chi connectivity index (χ2n) is 6.93. The number of benzene rings is 2. The van der Waals surface area contributed by atoms with E-state index in [1.807, 2.05) is 38.1 Å². The number of hydrogen-bond acceptors (Lipinski definition) is 3. The molecule has 0 saturated carbocycles. The molecule has 6 heteroatoms. The van der Waals surface area contributed by atoms with Crippen molar-refractivity contribution in [2.24, 2.45) is 0 Å². The SMILES string of the molecule is CC(C)OCc1cccc(CNC(=O)C2CC(=O)Nc3cc(F)ccc32)c1. The number of nitrogens with one attached hydrogen (secondary N) is 2. The Morgan fingerprint density at radius 2 is 2.04 bits per heavy atom. The van der Waals surface area contributed by atoms with E-state index < -0.39 is 11.7 Å². The summed E-state index contributed by atoms with van der Waals surface area (Å²) in [6.45, 7) is 4.83. The highest BCUT2D eigenvalue weighted by Crippen LogP contribution is 2.32. The highest BCUT2D eigenvalue weighted by Gasteiger charge is 2.30. The van der Waals surface area contributed by atoms with Gasteiger partial charge in [0, 0.05) is 18.7 Å². The number of carbonyl (C=O) groups excluding carboxylic acids is 2. The van der Waals surface area contributed by atoms with E-state index in [9.17, 15) is 14.0 Å². The summed E-state index contributed by atoms with van der Waals surface area (Å²) in [6.07, 6.45) is 0.197. The molecule has 2 aromatic carbocycles. The molecule has 3 rings (SSSR count). The normalized spacial score (nSPS) is 16.0. The van der Waals surface area contributed by atoms with Gasteiger partial charge in [-0.05, 0) is 42.7 Å². The van der Waals surface area contributed by atoms with Gasteiger partial charge in [-0.25, -0.2) is 4.39 Å². The van der Waals surface area contributed by atoms with Gasteiger partial charge >= 0.3 is 0 Å². The van der Waals surface area contributed by atoms with Crippen molar-refractivity contribution in [1.29, 1.82) is 0 Å². The van der Waals surface area contributed by atoms with Crippen molar-refractivity contribution >= 4 is 17.5 Å². The summed E-state index contributed by atoms with van der Waals surface area (Å²) >= 11 is 0. The third-order valence-corrected chi connectivity index (χ3v) is 4.41. The van der Waals surface area contributed by atoms with Gasteiger partial charge in [-0.15, -0.1) is 0 Å². The molecule has 142 valence electrons. The van der Waals surface area contributed by atoms with Gasteiger partial charge in [0.2, 0.25) is 11.8 Å². The quantitative estimate of drug-likeness (QED) is 0.818. The highest BCUT2D eigenvalue weighted by atomic mass is 19.1. The highest BCUT2D eigenvalue weighted by molar-refractivity contribution is 6.01. The minimum absolute atomic E-state index is 0.0483. The second-order valence-corrected chi connectivity index (χ2v) is 6.93. The summed E-state index contributed by atoms with van der Waals surface area (Å²) in [5.74, 6) is -1.61. The van der Waals surface area contributed by atoms with Crippen molar-refractivity contribution in [3.05, 3.63) is 65.0 Å². The summed E-state index contributed by atoms with van der Waals surface area (Å²) in [7, 11) is 0. The molecule has 2 aromatic rings. The van der Waals surface area contributed by atoms with Crippen LogP contribution in [0.1, 0.15) is 42.9 Å². The first-order valence-electron chi connectivity index (χ1n) is 8.99. The molecule has 0 bridgehead atoms. The van der Waals surface area contributed by atoms with Crippen LogP contribution in [-0.2, 0) is 27.5 Å². The number of halogens is 1. The van der Waals surface area contributed by atoms with Crippen LogP contribution in [0.5, 0.6) is 0 Å². The fourth-order valence-electron chi connectivity index (χ4n) is 3.08. The van der Waals surface area contributed by atoms with Gasteiger partial charge < -0.3 is 15.4 Å². The fourth-order valence-corrected chi connectivity index (χ4v) is 3.08. The van der Waals surface area contributed by atoms with Gasteiger partial charge in [-0.1, -0.05) is 30.3 Å². The molecule has 2 amide bonds. The summed E-state index contributed by atoms with van der Waals surface area (Å²) < 4.78 is 19.0. The standard InChI is InChI=1S/C21H23FN2O3/c1-13(2)27-12-15-5-3-4-14(8-15)11-23-21(26)18-10-20(25)24-19-9-16(22)6-7-17(18)19/h3-9,13,18H,10-12H2,1-2H3,(H,23,26)(H,24,25). The lowest BCUT2D eigenvalue weighted by atomic mass is 9.89. The van der Waals surface area contributed by atoms with E-state index in [0.717, 1.165) is 11.1 Å². The summed E-state index contributed by atoms with van der Waals surface area (Å²) in [5, 5.41) is 5.50. The van der Waals surface area contributed by atoms with Crippen LogP contribution in [0.25, 0.3) is 0 Å². The summed E-state index contributed by atoms with van der Waals surface area (Å²) in [5.41, 5.74) is 2.98. The molecule has 0 aliphatic carbocycles. The van der Waals surface area contributed by atoms with Crippen molar-refractivity contribution in [3.63, 3.8) is 0 Å². The Morgan fingerprint density at radius 1 is 1.26 bits per heavy atom. The minimum Gasteiger partial charge on any atom is -0.374 e. The average Bonchev–Trinajstić information content (AvgIpc) is 2.63. The van der Waals surface area contributed by atoms with Crippen molar-refractivity contribution in [1.82, 2.24) is 5.32 Å². The van der Waals surface area contributed by atoms with Crippen LogP contribution >= 0.6 is 0 Å². The second kappa shape index (κ2) is 8.31. The molecule has 1 aliphatic rings. The Balaban J connectivity index is 1.66. The predicted molar refractivity (Wildman–Crippen MR) is 101 cm³/mol. The molecule has 1 aliphatic heterocycles. The molecule has 0 saturated heterocycles. The first kappa shape index (κ1) is 19.0. The molecule has 0 aromatic heterocycles. The minimum atomic E-state index is -0.623. The molecule has 1 heterocycles. The molecule has 0 fully saturated rings. The zero-order valence-corrected chi connectivity index (χ0v) is 15.4. The maximum absolute atomic E-state index is 13.4. The van der Waals surface area contributed by atoms with E-state index in [1.54, 1.807) is 6.07 Å². The zero-order chi connectivity index (χ0) is 19.4. The van der Waals surface area contributed by atoms with Gasteiger partial charge in [0.05, 0.1) is 18.6 Å². The number of amides is 2. The Hall–Kier alpha value is -2.73. The molecular weight excluding hydrogens is 347 g/mol. The predicted octanol–water partition coefficient (Wildman–Crippen LogP) is 3.49. The molecule has 0 spiro atoms. The first-order chi connectivity index (χ1) is 12.9. The first-order valence-corrected chi connectivity index (χ1v) is 8.99. The lowest BCUT2D eigenvalue weighted by Gasteiger charge is -2.25. The topological polar surface area (TPSA) is 67.4 Å². The number of hydrogen-bond donors (Lipinski definition) is 2. The van der Waals surface area contributed by atoms with Gasteiger partial charge in [0.1, 0.15) is 5.82 Å². The van der Waals surface area contributed by atoms with E-state index in [-0.39, 0.29) is 24.3 Å². The van der Waals surface area contributed by atoms with Crippen LogP contribution in [0.3, 0.4) is 0 Å². The monoisotopic (exact) mass is 370 g/mol. The number of carbonyl (C=O) groups is 2. The summed E-state index contributed by atoms with van der Waals surface area (Å²) in [4.78, 5) is 24.5. The maximum Gasteiger partial charge on any atom is 0.228 e. The van der Waals surface area contributed by atoms with Gasteiger partial charge in [-0.2, -0.15) is 0 Å². The molecular formula is C21H23FN2O3. The van der Waals surface area contributed by atoms with Crippen LogP contribution in [0.15, 0.2) is 42.5 Å². The van der Waals surface area contributed by atoms with Crippen molar-refractivity contribution < 1.29 is 18.7 Å². The average molecular weight is 370 g/mol. The Kier molecular flexibility index (Phi) is 5.86. The van der Waals surface area contributed by atoms with Crippen molar-refractivity contribution in [2.75, 3.05) is 5.32 Å². The smallest absolute Gasteiger partial charge is 0.228 e. The Labute approximate surface area is 157 Å². The molecule has 5 nitrogen and oxygen atoms in total. The lowest BCUT2D eigenvalue weighted by Crippen LogP contribution is -2.34. The molecule has 1 atom stereocenters. The third-order valence-electron chi connectivity index (χ3n) is 4.41. The van der Waals surface area contributed by atoms with Crippen LogP contribution < -0.4 is 10.6 Å². The largest absolute Gasteiger partial charge is 0.374 e. The van der Waals surface area contributed by atoms with E-state index in [2.05, 4.69) is 10.6 Å². The number of fused-ring (bicyclic) bond motifs is 1. The molecule has 27 heavy (non-hydrogen) atoms. The Bertz CT molecular complexity index is 851. The molecule has 0 radical (unpaired) electrons. The maximum atomic E-state index is 13.4. The number of rotatable bonds is 6. The third kappa shape index (κ3) is 4.92. The van der Waals surface area contributed by atoms with E-state index in [0.29, 0.717) is 24.4 Å². The van der Waals surface area contributed by atoms with Crippen LogP contribution in [0.4, 0.5) is 10.1 Å². The molecule has 2 N–H and O–H groups in total. The van der Waals surface area contributed by atoms with Crippen molar-refractivity contribution in [3.8, 4) is 0 Å². The Morgan fingerprint density at radius 3 is 2.81 bits per heavy atom. The van der Waals surface area contributed by atoms with E-state index in [4.69, 9.17) is 4.74 Å². The molecule has 1 unspecified atom stereocenters.